The molecule has 7 nitrogen and oxygen atoms in total. The Morgan fingerprint density at radius 3 is 2.51 bits per heavy atom. The number of carbonyl (C=O) groups excluding carboxylic acids is 3. The number of carbonyl (C=O) groups is 3. The van der Waals surface area contributed by atoms with E-state index in [0.717, 1.165) is 5.56 Å². The fraction of sp³-hybridized carbons (Fsp3) is 0.500. The van der Waals surface area contributed by atoms with Gasteiger partial charge in [0, 0.05) is 30.7 Å². The maximum Gasteiger partial charge on any atom is 0.303 e. The number of amides is 1. The van der Waals surface area contributed by atoms with Crippen LogP contribution in [0.1, 0.15) is 39.7 Å². The van der Waals surface area contributed by atoms with Crippen molar-refractivity contribution >= 4 is 17.7 Å². The number of rotatable bonds is 3. The molecule has 1 aromatic carbocycles. The van der Waals surface area contributed by atoms with Gasteiger partial charge in [-0.25, -0.2) is 0 Å². The van der Waals surface area contributed by atoms with E-state index in [-0.39, 0.29) is 23.7 Å². The molecule has 0 radical (unpaired) electrons. The highest BCUT2D eigenvalue weighted by Gasteiger charge is 2.68. The van der Waals surface area contributed by atoms with Crippen LogP contribution in [0.3, 0.4) is 0 Å². The second-order valence-electron chi connectivity index (χ2n) is 11.0. The van der Waals surface area contributed by atoms with Crippen molar-refractivity contribution < 1.29 is 29.3 Å². The summed E-state index contributed by atoms with van der Waals surface area (Å²) in [6.07, 6.45) is 5.01. The van der Waals surface area contributed by atoms with E-state index in [0.29, 0.717) is 18.4 Å². The number of aliphatic hydroxyl groups excluding tert-OH is 1. The van der Waals surface area contributed by atoms with E-state index in [1.807, 2.05) is 37.3 Å². The molecule has 2 fully saturated rings. The number of ether oxygens (including phenoxy) is 1. The van der Waals surface area contributed by atoms with Gasteiger partial charge in [0.25, 0.3) is 0 Å². The monoisotopic (exact) mass is 507 g/mol. The van der Waals surface area contributed by atoms with E-state index in [2.05, 4.69) is 11.9 Å². The van der Waals surface area contributed by atoms with Crippen LogP contribution in [-0.2, 0) is 25.5 Å². The molecule has 0 aromatic heterocycles. The van der Waals surface area contributed by atoms with Gasteiger partial charge in [0.2, 0.25) is 5.91 Å². The first-order valence-electron chi connectivity index (χ1n) is 12.9. The standard InChI is InChI=1S/C30H37NO6/c1-17-10-9-13-22-26(33)19(3)18(2)25-23(16-21-11-7-6-8-12-21)31-28(35)30(22,25)24(37-20(4)32)14-15-29(5,36)27(17)34/h6-9,11-15,17-18,22-26,33,36H,3,10,16H2,1-2,4-5H3,(H,31,35)/b13-9+,15-14-/t17-,18+,22-,23-,24-,25+,26-,29-,30-/m1/s1. The number of nitrogens with one attached hydrogen (secondary N) is 1. The van der Waals surface area contributed by atoms with Crippen LogP contribution in [0.2, 0.25) is 0 Å². The number of ketones is 1. The number of Topliss-reactive ketones (excluding diaryl/α,β-unsaturated/α-hetero) is 1. The van der Waals surface area contributed by atoms with Crippen LogP contribution in [0.25, 0.3) is 0 Å². The SMILES string of the molecule is C=C1[C@@H](O)[C@H]2/C=C/C[C@@H](C)C(=O)[C@](C)(O)/C=C\[C@@H](OC(C)=O)[C@]23C(=O)N[C@H](Cc2ccccc2)[C@@H]3[C@H]1C. The first kappa shape index (κ1) is 27.0. The molecule has 3 N–H and O–H groups in total. The largest absolute Gasteiger partial charge is 0.457 e. The lowest BCUT2D eigenvalue weighted by Gasteiger charge is -2.52. The summed E-state index contributed by atoms with van der Waals surface area (Å²) >= 11 is 0. The Hall–Kier alpha value is -3.03. The van der Waals surface area contributed by atoms with Crippen LogP contribution in [0.4, 0.5) is 0 Å². The predicted octanol–water partition coefficient (Wildman–Crippen LogP) is 2.92. The summed E-state index contributed by atoms with van der Waals surface area (Å²) in [5.74, 6) is -3.26. The molecular formula is C30H37NO6. The molecule has 1 spiro atoms. The molecule has 1 amide bonds. The highest BCUT2D eigenvalue weighted by atomic mass is 16.5. The maximum absolute atomic E-state index is 14.2. The molecule has 1 heterocycles. The maximum atomic E-state index is 14.2. The van der Waals surface area contributed by atoms with Crippen LogP contribution in [0.15, 0.2) is 66.8 Å². The minimum Gasteiger partial charge on any atom is -0.457 e. The molecule has 198 valence electrons. The summed E-state index contributed by atoms with van der Waals surface area (Å²) in [5.41, 5.74) is -1.55. The summed E-state index contributed by atoms with van der Waals surface area (Å²) in [5, 5.41) is 25.7. The third kappa shape index (κ3) is 4.59. The van der Waals surface area contributed by atoms with E-state index in [1.165, 1.54) is 26.0 Å². The van der Waals surface area contributed by atoms with E-state index < -0.39 is 46.9 Å². The highest BCUT2D eigenvalue weighted by Crippen LogP contribution is 2.58. The Kier molecular flexibility index (Phi) is 7.32. The van der Waals surface area contributed by atoms with Gasteiger partial charge in [-0.1, -0.05) is 62.9 Å². The molecule has 7 heteroatoms. The third-order valence-electron chi connectivity index (χ3n) is 8.53. The average molecular weight is 508 g/mol. The molecule has 37 heavy (non-hydrogen) atoms. The van der Waals surface area contributed by atoms with Crippen molar-refractivity contribution in [3.05, 3.63) is 72.4 Å². The number of hydrogen-bond donors (Lipinski definition) is 3. The fourth-order valence-corrected chi connectivity index (χ4v) is 6.68. The molecule has 1 saturated carbocycles. The summed E-state index contributed by atoms with van der Waals surface area (Å²) in [6, 6.07) is 9.49. The van der Waals surface area contributed by atoms with Crippen LogP contribution >= 0.6 is 0 Å². The lowest BCUT2D eigenvalue weighted by molar-refractivity contribution is -0.166. The molecule has 9 atom stereocenters. The Morgan fingerprint density at radius 1 is 1.19 bits per heavy atom. The van der Waals surface area contributed by atoms with E-state index in [1.54, 1.807) is 19.1 Å². The molecule has 1 aromatic rings. The van der Waals surface area contributed by atoms with Crippen molar-refractivity contribution in [1.82, 2.24) is 5.32 Å². The van der Waals surface area contributed by atoms with Crippen molar-refractivity contribution in [2.75, 3.05) is 0 Å². The number of allylic oxidation sites excluding steroid dienone is 1. The van der Waals surface area contributed by atoms with Crippen molar-refractivity contribution in [1.29, 1.82) is 0 Å². The molecule has 0 bridgehead atoms. The van der Waals surface area contributed by atoms with E-state index >= 15 is 0 Å². The van der Waals surface area contributed by atoms with Gasteiger partial charge in [-0.05, 0) is 49.0 Å². The van der Waals surface area contributed by atoms with Gasteiger partial charge in [0.05, 0.1) is 6.10 Å². The predicted molar refractivity (Wildman–Crippen MR) is 139 cm³/mol. The molecule has 1 aliphatic heterocycles. The summed E-state index contributed by atoms with van der Waals surface area (Å²) < 4.78 is 5.81. The lowest BCUT2D eigenvalue weighted by Crippen LogP contribution is -2.60. The van der Waals surface area contributed by atoms with E-state index in [9.17, 15) is 24.6 Å². The van der Waals surface area contributed by atoms with Crippen molar-refractivity contribution in [2.24, 2.45) is 29.1 Å². The van der Waals surface area contributed by atoms with Gasteiger partial charge < -0.3 is 20.3 Å². The van der Waals surface area contributed by atoms with Gasteiger partial charge in [0.1, 0.15) is 17.1 Å². The second-order valence-corrected chi connectivity index (χ2v) is 11.0. The number of aliphatic hydroxyl groups is 2. The molecule has 0 unspecified atom stereocenters. The number of benzene rings is 1. The Morgan fingerprint density at radius 2 is 1.86 bits per heavy atom. The van der Waals surface area contributed by atoms with Crippen molar-refractivity contribution in [3.8, 4) is 0 Å². The minimum atomic E-state index is -1.82. The molecule has 2 aliphatic carbocycles. The fourth-order valence-electron chi connectivity index (χ4n) is 6.68. The molecular weight excluding hydrogens is 470 g/mol. The minimum absolute atomic E-state index is 0.287. The zero-order valence-electron chi connectivity index (χ0n) is 21.9. The average Bonchev–Trinajstić information content (AvgIpc) is 3.13. The number of hydrogen-bond acceptors (Lipinski definition) is 6. The van der Waals surface area contributed by atoms with Crippen LogP contribution < -0.4 is 5.32 Å². The molecule has 4 rings (SSSR count). The summed E-state index contributed by atoms with van der Waals surface area (Å²) in [4.78, 5) is 39.5. The smallest absolute Gasteiger partial charge is 0.303 e. The Bertz CT molecular complexity index is 1140. The first-order valence-corrected chi connectivity index (χ1v) is 12.9. The van der Waals surface area contributed by atoms with E-state index in [4.69, 9.17) is 4.74 Å². The lowest BCUT2D eigenvalue weighted by atomic mass is 9.51. The Labute approximate surface area is 218 Å². The molecule has 1 saturated heterocycles. The quantitative estimate of drug-likeness (QED) is 0.428. The first-order chi connectivity index (χ1) is 17.4. The highest BCUT2D eigenvalue weighted by molar-refractivity contribution is 5.91. The van der Waals surface area contributed by atoms with Gasteiger partial charge in [-0.2, -0.15) is 0 Å². The zero-order chi connectivity index (χ0) is 27.1. The Balaban J connectivity index is 1.94. The molecule has 3 aliphatic rings. The second kappa shape index (κ2) is 10.0. The van der Waals surface area contributed by atoms with Gasteiger partial charge in [-0.15, -0.1) is 0 Å². The van der Waals surface area contributed by atoms with Crippen LogP contribution in [0.5, 0.6) is 0 Å². The van der Waals surface area contributed by atoms with Crippen molar-refractivity contribution in [2.45, 2.75) is 64.4 Å². The summed E-state index contributed by atoms with van der Waals surface area (Å²) in [6.45, 7) is 10.5. The third-order valence-corrected chi connectivity index (χ3v) is 8.53. The topological polar surface area (TPSA) is 113 Å². The normalized spacial score (nSPS) is 41.6. The van der Waals surface area contributed by atoms with Gasteiger partial charge in [0.15, 0.2) is 5.78 Å². The number of esters is 1. The van der Waals surface area contributed by atoms with Crippen LogP contribution in [0, 0.1) is 29.1 Å². The van der Waals surface area contributed by atoms with Gasteiger partial charge in [-0.3, -0.25) is 14.4 Å². The summed E-state index contributed by atoms with van der Waals surface area (Å²) in [7, 11) is 0. The van der Waals surface area contributed by atoms with Gasteiger partial charge >= 0.3 is 5.97 Å². The van der Waals surface area contributed by atoms with Crippen molar-refractivity contribution in [3.63, 3.8) is 0 Å². The zero-order valence-corrected chi connectivity index (χ0v) is 21.9. The van der Waals surface area contributed by atoms with Crippen LogP contribution in [-0.4, -0.2) is 51.7 Å².